The third-order valence-corrected chi connectivity index (χ3v) is 2.86. The molecule has 0 saturated carbocycles. The summed E-state index contributed by atoms with van der Waals surface area (Å²) in [5.41, 5.74) is 0.864. The molecule has 0 fully saturated rings. The second-order valence-electron chi connectivity index (χ2n) is 5.81. The SMILES string of the molecule is CCC(=O)Oc1ccc(Cc2nnn(C(C)(C)C)n2)cc1. The summed E-state index contributed by atoms with van der Waals surface area (Å²) < 4.78 is 5.13. The smallest absolute Gasteiger partial charge is 0.310 e. The van der Waals surface area contributed by atoms with E-state index in [2.05, 4.69) is 15.4 Å². The Morgan fingerprint density at radius 2 is 1.90 bits per heavy atom. The monoisotopic (exact) mass is 288 g/mol. The molecule has 0 unspecified atom stereocenters. The van der Waals surface area contributed by atoms with Crippen molar-refractivity contribution in [3.8, 4) is 5.75 Å². The van der Waals surface area contributed by atoms with Crippen LogP contribution in [0.25, 0.3) is 0 Å². The Balaban J connectivity index is 2.03. The van der Waals surface area contributed by atoms with Crippen molar-refractivity contribution < 1.29 is 9.53 Å². The van der Waals surface area contributed by atoms with Crippen molar-refractivity contribution in [2.75, 3.05) is 0 Å². The standard InChI is InChI=1S/C15H20N4O2/c1-5-14(20)21-12-8-6-11(7-9-12)10-13-16-18-19(17-13)15(2,3)4/h6-9H,5,10H2,1-4H3. The minimum Gasteiger partial charge on any atom is -0.427 e. The summed E-state index contributed by atoms with van der Waals surface area (Å²) in [7, 11) is 0. The van der Waals surface area contributed by atoms with Gasteiger partial charge in [0, 0.05) is 12.8 Å². The zero-order valence-corrected chi connectivity index (χ0v) is 12.8. The van der Waals surface area contributed by atoms with Gasteiger partial charge in [0.05, 0.1) is 5.54 Å². The van der Waals surface area contributed by atoms with E-state index >= 15 is 0 Å². The molecule has 1 aromatic carbocycles. The molecule has 0 N–H and O–H groups in total. The Kier molecular flexibility index (Phi) is 4.35. The Bertz CT molecular complexity index is 611. The van der Waals surface area contributed by atoms with Gasteiger partial charge in [0.2, 0.25) is 0 Å². The van der Waals surface area contributed by atoms with E-state index in [1.807, 2.05) is 32.9 Å². The van der Waals surface area contributed by atoms with Crippen LogP contribution >= 0.6 is 0 Å². The van der Waals surface area contributed by atoms with Gasteiger partial charge in [0.15, 0.2) is 5.82 Å². The van der Waals surface area contributed by atoms with Crippen LogP contribution in [-0.4, -0.2) is 26.2 Å². The van der Waals surface area contributed by atoms with E-state index in [1.165, 1.54) is 0 Å². The van der Waals surface area contributed by atoms with Gasteiger partial charge >= 0.3 is 5.97 Å². The van der Waals surface area contributed by atoms with Gasteiger partial charge in [0.1, 0.15) is 5.75 Å². The van der Waals surface area contributed by atoms with Gasteiger partial charge in [-0.15, -0.1) is 10.2 Å². The van der Waals surface area contributed by atoms with Crippen molar-refractivity contribution in [3.05, 3.63) is 35.7 Å². The van der Waals surface area contributed by atoms with Crippen molar-refractivity contribution in [1.29, 1.82) is 0 Å². The second-order valence-corrected chi connectivity index (χ2v) is 5.81. The zero-order valence-electron chi connectivity index (χ0n) is 12.8. The van der Waals surface area contributed by atoms with E-state index in [-0.39, 0.29) is 11.5 Å². The molecule has 0 aliphatic rings. The molecule has 2 rings (SSSR count). The summed E-state index contributed by atoms with van der Waals surface area (Å²) in [5.74, 6) is 0.984. The van der Waals surface area contributed by atoms with Crippen molar-refractivity contribution in [3.63, 3.8) is 0 Å². The van der Waals surface area contributed by atoms with E-state index in [9.17, 15) is 4.79 Å². The molecule has 112 valence electrons. The van der Waals surface area contributed by atoms with Crippen LogP contribution in [-0.2, 0) is 16.8 Å². The fourth-order valence-corrected chi connectivity index (χ4v) is 1.66. The Morgan fingerprint density at radius 1 is 1.24 bits per heavy atom. The number of benzene rings is 1. The maximum atomic E-state index is 11.2. The van der Waals surface area contributed by atoms with Crippen molar-refractivity contribution in [2.24, 2.45) is 0 Å². The summed E-state index contributed by atoms with van der Waals surface area (Å²) in [5, 5.41) is 12.5. The number of hydrogen-bond donors (Lipinski definition) is 0. The van der Waals surface area contributed by atoms with Crippen LogP contribution in [0.1, 0.15) is 45.5 Å². The molecule has 1 heterocycles. The van der Waals surface area contributed by atoms with Crippen LogP contribution < -0.4 is 4.74 Å². The van der Waals surface area contributed by atoms with Crippen molar-refractivity contribution >= 4 is 5.97 Å². The minimum atomic E-state index is -0.238. The normalized spacial score (nSPS) is 11.4. The number of carbonyl (C=O) groups is 1. The number of carbonyl (C=O) groups excluding carboxylic acids is 1. The van der Waals surface area contributed by atoms with Crippen molar-refractivity contribution in [1.82, 2.24) is 20.2 Å². The fraction of sp³-hybridized carbons (Fsp3) is 0.467. The minimum absolute atomic E-state index is 0.177. The largest absolute Gasteiger partial charge is 0.427 e. The molecule has 0 aliphatic heterocycles. The van der Waals surface area contributed by atoms with Gasteiger partial charge in [-0.05, 0) is 43.7 Å². The summed E-state index contributed by atoms with van der Waals surface area (Å²) in [6.07, 6.45) is 0.958. The van der Waals surface area contributed by atoms with Gasteiger partial charge < -0.3 is 4.74 Å². The molecule has 21 heavy (non-hydrogen) atoms. The lowest BCUT2D eigenvalue weighted by Gasteiger charge is -2.15. The van der Waals surface area contributed by atoms with Crippen LogP contribution in [0.15, 0.2) is 24.3 Å². The third kappa shape index (κ3) is 4.11. The highest BCUT2D eigenvalue weighted by molar-refractivity contribution is 5.71. The van der Waals surface area contributed by atoms with Gasteiger partial charge in [-0.25, -0.2) is 0 Å². The third-order valence-electron chi connectivity index (χ3n) is 2.86. The first-order valence-electron chi connectivity index (χ1n) is 6.97. The molecule has 0 saturated heterocycles. The Hall–Kier alpha value is -2.24. The molecule has 0 radical (unpaired) electrons. The van der Waals surface area contributed by atoms with Crippen LogP contribution in [0.2, 0.25) is 0 Å². The summed E-state index contributed by atoms with van der Waals surface area (Å²) in [6, 6.07) is 7.35. The molecule has 6 heteroatoms. The molecular formula is C15H20N4O2. The number of tetrazole rings is 1. The zero-order chi connectivity index (χ0) is 15.5. The predicted octanol–water partition coefficient (Wildman–Crippen LogP) is 2.33. The number of rotatable bonds is 4. The first-order valence-corrected chi connectivity index (χ1v) is 6.97. The predicted molar refractivity (Wildman–Crippen MR) is 78.0 cm³/mol. The van der Waals surface area contributed by atoms with Crippen LogP contribution in [0, 0.1) is 0 Å². The highest BCUT2D eigenvalue weighted by Crippen LogP contribution is 2.15. The van der Waals surface area contributed by atoms with E-state index in [4.69, 9.17) is 4.74 Å². The number of esters is 1. The van der Waals surface area contributed by atoms with Gasteiger partial charge in [-0.3, -0.25) is 4.79 Å². The highest BCUT2D eigenvalue weighted by Gasteiger charge is 2.16. The van der Waals surface area contributed by atoms with Gasteiger partial charge in [0.25, 0.3) is 0 Å². The average molecular weight is 288 g/mol. The molecular weight excluding hydrogens is 268 g/mol. The molecule has 0 spiro atoms. The molecule has 0 aliphatic carbocycles. The van der Waals surface area contributed by atoms with Gasteiger partial charge in [-0.1, -0.05) is 19.1 Å². The maximum Gasteiger partial charge on any atom is 0.310 e. The molecule has 0 atom stereocenters. The fourth-order valence-electron chi connectivity index (χ4n) is 1.66. The lowest BCUT2D eigenvalue weighted by molar-refractivity contribution is -0.134. The van der Waals surface area contributed by atoms with Crippen LogP contribution in [0.4, 0.5) is 0 Å². The summed E-state index contributed by atoms with van der Waals surface area (Å²) in [4.78, 5) is 12.8. The van der Waals surface area contributed by atoms with E-state index in [0.29, 0.717) is 24.4 Å². The number of aromatic nitrogens is 4. The van der Waals surface area contributed by atoms with Crippen LogP contribution in [0.5, 0.6) is 5.75 Å². The van der Waals surface area contributed by atoms with E-state index in [1.54, 1.807) is 23.9 Å². The lowest BCUT2D eigenvalue weighted by Crippen LogP contribution is -2.24. The summed E-state index contributed by atoms with van der Waals surface area (Å²) >= 11 is 0. The highest BCUT2D eigenvalue weighted by atomic mass is 16.5. The quantitative estimate of drug-likeness (QED) is 0.638. The average Bonchev–Trinajstić information content (AvgIpc) is 2.89. The summed E-state index contributed by atoms with van der Waals surface area (Å²) in [6.45, 7) is 7.83. The topological polar surface area (TPSA) is 69.9 Å². The number of ether oxygens (including phenoxy) is 1. The van der Waals surface area contributed by atoms with E-state index < -0.39 is 0 Å². The molecule has 1 aromatic heterocycles. The first-order chi connectivity index (χ1) is 9.88. The first kappa shape index (κ1) is 15.2. The molecule has 2 aromatic rings. The molecule has 6 nitrogen and oxygen atoms in total. The second kappa shape index (κ2) is 6.03. The Labute approximate surface area is 124 Å². The lowest BCUT2D eigenvalue weighted by atomic mass is 10.1. The number of hydrogen-bond acceptors (Lipinski definition) is 5. The molecule has 0 amide bonds. The van der Waals surface area contributed by atoms with Gasteiger partial charge in [-0.2, -0.15) is 4.80 Å². The molecule has 0 bridgehead atoms. The van der Waals surface area contributed by atoms with Crippen LogP contribution in [0.3, 0.4) is 0 Å². The van der Waals surface area contributed by atoms with Crippen molar-refractivity contribution in [2.45, 2.75) is 46.1 Å². The number of nitrogens with zero attached hydrogens (tertiary/aromatic N) is 4. The maximum absolute atomic E-state index is 11.2. The van der Waals surface area contributed by atoms with E-state index in [0.717, 1.165) is 5.56 Å². The Morgan fingerprint density at radius 3 is 2.43 bits per heavy atom.